The van der Waals surface area contributed by atoms with E-state index >= 15 is 0 Å². The van der Waals surface area contributed by atoms with Crippen molar-refractivity contribution in [1.29, 1.82) is 0 Å². The van der Waals surface area contributed by atoms with E-state index in [2.05, 4.69) is 24.6 Å². The Balaban J connectivity index is 2.86. The number of pyridine rings is 1. The Bertz CT molecular complexity index is 516. The van der Waals surface area contributed by atoms with Gasteiger partial charge in [0.25, 0.3) is 0 Å². The van der Waals surface area contributed by atoms with Crippen molar-refractivity contribution in [2.45, 2.75) is 19.6 Å². The van der Waals surface area contributed by atoms with E-state index in [1.165, 1.54) is 0 Å². The number of nitrogens with zero attached hydrogens (tertiary/aromatic N) is 1. The summed E-state index contributed by atoms with van der Waals surface area (Å²) < 4.78 is 5.46. The van der Waals surface area contributed by atoms with Gasteiger partial charge in [0.2, 0.25) is 0 Å². The zero-order chi connectivity index (χ0) is 11.2. The summed E-state index contributed by atoms with van der Waals surface area (Å²) in [6.45, 7) is 6.60. The van der Waals surface area contributed by atoms with E-state index < -0.39 is 8.07 Å². The van der Waals surface area contributed by atoms with Gasteiger partial charge in [-0.15, -0.1) is 0 Å². The van der Waals surface area contributed by atoms with E-state index in [1.54, 1.807) is 12.3 Å². The third kappa shape index (κ3) is 1.79. The molecule has 0 aliphatic heterocycles. The van der Waals surface area contributed by atoms with Crippen LogP contribution < -0.4 is 5.19 Å². The highest BCUT2D eigenvalue weighted by atomic mass is 35.5. The highest BCUT2D eigenvalue weighted by Crippen LogP contribution is 2.28. The van der Waals surface area contributed by atoms with Gasteiger partial charge in [-0.25, -0.2) is 0 Å². The van der Waals surface area contributed by atoms with Crippen molar-refractivity contribution in [3.63, 3.8) is 0 Å². The fourth-order valence-electron chi connectivity index (χ4n) is 1.58. The molecule has 2 aromatic heterocycles. The highest BCUT2D eigenvalue weighted by Gasteiger charge is 2.27. The zero-order valence-electron chi connectivity index (χ0n) is 8.77. The molecule has 0 fully saturated rings. The largest absolute Gasteiger partial charge is 0.442 e. The smallest absolute Gasteiger partial charge is 0.195 e. The van der Waals surface area contributed by atoms with Crippen LogP contribution in [0.4, 0.5) is 0 Å². The summed E-state index contributed by atoms with van der Waals surface area (Å²) in [5, 5.41) is 2.04. The number of fused-ring (bicyclic) bond motifs is 1. The molecule has 5 heteroatoms. The summed E-state index contributed by atoms with van der Waals surface area (Å²) in [5.74, 6) is 0. The molecule has 0 amide bonds. The van der Waals surface area contributed by atoms with Crippen molar-refractivity contribution < 1.29 is 4.42 Å². The fraction of sp³-hybridized carbons (Fsp3) is 0.300. The second kappa shape index (κ2) is 3.51. The second-order valence-corrected chi connectivity index (χ2v) is 10.2. The summed E-state index contributed by atoms with van der Waals surface area (Å²) in [4.78, 5) is 4.30. The Hall–Kier alpha value is -0.513. The van der Waals surface area contributed by atoms with Gasteiger partial charge in [-0.2, -0.15) is 0 Å². The topological polar surface area (TPSA) is 26.0 Å². The summed E-state index contributed by atoms with van der Waals surface area (Å²) in [6, 6.07) is 1.71. The van der Waals surface area contributed by atoms with E-state index in [0.717, 1.165) is 10.7 Å². The Labute approximate surface area is 99.2 Å². The first-order valence-corrected chi connectivity index (χ1v) is 8.90. The molecule has 0 bridgehead atoms. The van der Waals surface area contributed by atoms with Gasteiger partial charge in [0, 0.05) is 11.4 Å². The van der Waals surface area contributed by atoms with Gasteiger partial charge in [0.1, 0.15) is 5.52 Å². The van der Waals surface area contributed by atoms with Gasteiger partial charge >= 0.3 is 0 Å². The number of hydrogen-bond donors (Lipinski definition) is 0. The molecule has 0 unspecified atom stereocenters. The lowest BCUT2D eigenvalue weighted by molar-refractivity contribution is 0.619. The van der Waals surface area contributed by atoms with Crippen molar-refractivity contribution in [3.05, 3.63) is 22.5 Å². The number of hydrogen-bond acceptors (Lipinski definition) is 2. The Morgan fingerprint density at radius 1 is 1.27 bits per heavy atom. The molecule has 2 rings (SSSR count). The van der Waals surface area contributed by atoms with Crippen molar-refractivity contribution >= 4 is 47.6 Å². The van der Waals surface area contributed by atoms with Crippen LogP contribution in [0.2, 0.25) is 29.9 Å². The molecule has 0 N–H and O–H groups in total. The Morgan fingerprint density at radius 3 is 2.53 bits per heavy atom. The lowest BCUT2D eigenvalue weighted by atomic mass is 10.4. The standard InChI is InChI=1S/C10H11Cl2NOSi/c1-15(2,3)9-7-8(14-10(9)12)6(11)4-5-13-7/h4-5H,1-3H3. The van der Waals surface area contributed by atoms with Crippen molar-refractivity contribution in [2.75, 3.05) is 0 Å². The molecular formula is C10H11Cl2NOSi. The number of rotatable bonds is 1. The van der Waals surface area contributed by atoms with Gasteiger partial charge in [0.15, 0.2) is 10.8 Å². The van der Waals surface area contributed by atoms with Crippen LogP contribution in [0.25, 0.3) is 11.1 Å². The van der Waals surface area contributed by atoms with Crippen LogP contribution in [0.15, 0.2) is 16.7 Å². The van der Waals surface area contributed by atoms with Gasteiger partial charge in [0.05, 0.1) is 13.1 Å². The maximum Gasteiger partial charge on any atom is 0.195 e. The summed E-state index contributed by atoms with van der Waals surface area (Å²) in [7, 11) is -1.56. The first-order chi connectivity index (χ1) is 6.91. The van der Waals surface area contributed by atoms with Gasteiger partial charge in [-0.3, -0.25) is 4.98 Å². The van der Waals surface area contributed by atoms with E-state index in [4.69, 9.17) is 27.6 Å². The second-order valence-electron chi connectivity index (χ2n) is 4.47. The molecule has 0 radical (unpaired) electrons. The van der Waals surface area contributed by atoms with E-state index in [-0.39, 0.29) is 0 Å². The van der Waals surface area contributed by atoms with Gasteiger partial charge in [-0.05, 0) is 17.7 Å². The maximum absolute atomic E-state index is 6.09. The van der Waals surface area contributed by atoms with Crippen LogP contribution in [0.5, 0.6) is 0 Å². The number of aromatic nitrogens is 1. The predicted molar refractivity (Wildman–Crippen MR) is 67.0 cm³/mol. The molecule has 2 heterocycles. The fourth-order valence-corrected chi connectivity index (χ4v) is 4.31. The average molecular weight is 260 g/mol. The number of furan rings is 1. The third-order valence-corrected chi connectivity index (χ3v) is 4.92. The molecule has 0 atom stereocenters. The minimum absolute atomic E-state index is 0.435. The van der Waals surface area contributed by atoms with Crippen LogP contribution in [0.3, 0.4) is 0 Å². The predicted octanol–water partition coefficient (Wildman–Crippen LogP) is 3.68. The van der Waals surface area contributed by atoms with Crippen LogP contribution in [-0.2, 0) is 0 Å². The van der Waals surface area contributed by atoms with Crippen LogP contribution >= 0.6 is 23.2 Å². The van der Waals surface area contributed by atoms with Crippen LogP contribution in [0, 0.1) is 0 Å². The Morgan fingerprint density at radius 2 is 1.93 bits per heavy atom. The van der Waals surface area contributed by atoms with E-state index in [0.29, 0.717) is 15.8 Å². The molecule has 0 aliphatic rings. The maximum atomic E-state index is 6.09. The molecule has 2 aromatic rings. The van der Waals surface area contributed by atoms with Crippen molar-refractivity contribution in [3.8, 4) is 0 Å². The lowest BCUT2D eigenvalue weighted by Crippen LogP contribution is -2.38. The minimum Gasteiger partial charge on any atom is -0.442 e. The summed E-state index contributed by atoms with van der Waals surface area (Å²) in [5.41, 5.74) is 1.41. The van der Waals surface area contributed by atoms with Crippen molar-refractivity contribution in [2.24, 2.45) is 0 Å². The average Bonchev–Trinajstić information content (AvgIpc) is 2.41. The van der Waals surface area contributed by atoms with Gasteiger partial charge in [-0.1, -0.05) is 31.2 Å². The summed E-state index contributed by atoms with van der Waals surface area (Å²) >= 11 is 12.1. The Kier molecular flexibility index (Phi) is 2.57. The monoisotopic (exact) mass is 259 g/mol. The first kappa shape index (κ1) is 11.0. The zero-order valence-corrected chi connectivity index (χ0v) is 11.3. The highest BCUT2D eigenvalue weighted by molar-refractivity contribution is 6.91. The van der Waals surface area contributed by atoms with E-state index in [9.17, 15) is 0 Å². The van der Waals surface area contributed by atoms with Gasteiger partial charge < -0.3 is 4.42 Å². The molecule has 0 spiro atoms. The molecule has 0 saturated carbocycles. The van der Waals surface area contributed by atoms with Crippen molar-refractivity contribution in [1.82, 2.24) is 4.98 Å². The molecule has 0 aromatic carbocycles. The normalized spacial score (nSPS) is 12.3. The molecule has 80 valence electrons. The van der Waals surface area contributed by atoms with Crippen LogP contribution in [-0.4, -0.2) is 13.1 Å². The molecule has 0 saturated heterocycles. The summed E-state index contributed by atoms with van der Waals surface area (Å²) in [6.07, 6.45) is 1.68. The molecule has 2 nitrogen and oxygen atoms in total. The first-order valence-electron chi connectivity index (χ1n) is 4.64. The molecule has 0 aliphatic carbocycles. The van der Waals surface area contributed by atoms with Crippen LogP contribution in [0.1, 0.15) is 0 Å². The number of halogens is 2. The lowest BCUT2D eigenvalue weighted by Gasteiger charge is -2.13. The van der Waals surface area contributed by atoms with E-state index in [1.807, 2.05) is 0 Å². The minimum atomic E-state index is -1.56. The molecule has 15 heavy (non-hydrogen) atoms. The molecular weight excluding hydrogens is 249 g/mol. The third-order valence-electron chi connectivity index (χ3n) is 2.23. The SMILES string of the molecule is C[Si](C)(C)c1c(Cl)oc2c(Cl)ccnc12. The quantitative estimate of drug-likeness (QED) is 0.731.